The summed E-state index contributed by atoms with van der Waals surface area (Å²) in [7, 11) is 0. The molecule has 1 atom stereocenters. The lowest BCUT2D eigenvalue weighted by atomic mass is 10.00. The number of amides is 4. The monoisotopic (exact) mass is 957 g/mol. The summed E-state index contributed by atoms with van der Waals surface area (Å²) in [6, 6.07) is 31.2. The number of nitrogens with zero attached hydrogens (tertiary/aromatic N) is 1. The molecule has 4 amide bonds. The van der Waals surface area contributed by atoms with E-state index >= 15 is 0 Å². The summed E-state index contributed by atoms with van der Waals surface area (Å²) in [4.78, 5) is 38.5. The summed E-state index contributed by atoms with van der Waals surface area (Å²) >= 11 is 12.3. The van der Waals surface area contributed by atoms with Crippen LogP contribution in [-0.4, -0.2) is 34.2 Å². The summed E-state index contributed by atoms with van der Waals surface area (Å²) in [5, 5.41) is 42.9. The number of carbonyl (C=O) groups excluding carboxylic acids is 3. The number of hydrogen-bond donors (Lipinski definition) is 6. The number of fused-ring (bicyclic) bond motifs is 1. The van der Waals surface area contributed by atoms with E-state index in [9.17, 15) is 24.6 Å². The number of unbranched alkanes of at least 4 members (excludes halogenated alkanes) is 5. The van der Waals surface area contributed by atoms with Crippen LogP contribution in [0.15, 0.2) is 103 Å². The highest BCUT2D eigenvalue weighted by Gasteiger charge is 2.23. The van der Waals surface area contributed by atoms with Crippen molar-refractivity contribution in [2.24, 2.45) is 0 Å². The van der Waals surface area contributed by atoms with Crippen molar-refractivity contribution < 1.29 is 29.3 Å². The smallest absolute Gasteiger partial charge is 0.323 e. The number of carbonyl (C=O) groups is 3. The van der Waals surface area contributed by atoms with Gasteiger partial charge in [0.15, 0.2) is 6.10 Å². The number of phenolic OH excluding ortho intramolecular Hbond substituents is 2. The van der Waals surface area contributed by atoms with Crippen molar-refractivity contribution in [2.75, 3.05) is 21.3 Å². The first kappa shape index (κ1) is 52.2. The maximum absolute atomic E-state index is 13.5. The zero-order valence-corrected chi connectivity index (χ0v) is 40.9. The molecule has 0 fully saturated rings. The Balaban J connectivity index is 0.000000312. The maximum Gasteiger partial charge on any atom is 0.323 e. The average molecular weight is 959 g/mol. The van der Waals surface area contributed by atoms with Gasteiger partial charge in [0.05, 0.1) is 21.8 Å². The molecule has 356 valence electrons. The van der Waals surface area contributed by atoms with Gasteiger partial charge in [0, 0.05) is 38.9 Å². The van der Waals surface area contributed by atoms with Gasteiger partial charge >= 0.3 is 6.03 Å². The molecule has 0 saturated heterocycles. The minimum Gasteiger partial charge on any atom is -0.506 e. The second-order valence-corrected chi connectivity index (χ2v) is 17.6. The average Bonchev–Trinajstić information content (AvgIpc) is 3.32. The van der Waals surface area contributed by atoms with E-state index in [2.05, 4.69) is 54.2 Å². The molecule has 0 bridgehead atoms. The van der Waals surface area contributed by atoms with Crippen molar-refractivity contribution >= 4 is 74.6 Å². The number of benzene rings is 6. The van der Waals surface area contributed by atoms with Crippen LogP contribution in [0.2, 0.25) is 10.0 Å². The van der Waals surface area contributed by atoms with Crippen LogP contribution in [0, 0.1) is 25.2 Å². The molecule has 0 aliphatic heterocycles. The van der Waals surface area contributed by atoms with Crippen molar-refractivity contribution in [3.63, 3.8) is 0 Å². The molecule has 13 heteroatoms. The van der Waals surface area contributed by atoms with Crippen LogP contribution in [-0.2, 0) is 17.6 Å². The van der Waals surface area contributed by atoms with E-state index in [1.54, 1.807) is 24.3 Å². The highest BCUT2D eigenvalue weighted by Crippen LogP contribution is 2.35. The van der Waals surface area contributed by atoms with Gasteiger partial charge in [-0.05, 0) is 123 Å². The molecule has 68 heavy (non-hydrogen) atoms. The fraction of sp³-hybridized carbons (Fsp3) is 0.309. The zero-order valence-electron chi connectivity index (χ0n) is 39.4. The lowest BCUT2D eigenvalue weighted by molar-refractivity contribution is -0.123. The molecule has 6 aromatic carbocycles. The molecular formula is C55H61Cl2N5O6. The van der Waals surface area contributed by atoms with Gasteiger partial charge in [-0.15, -0.1) is 0 Å². The van der Waals surface area contributed by atoms with Gasteiger partial charge < -0.3 is 36.2 Å². The normalized spacial score (nSPS) is 11.1. The summed E-state index contributed by atoms with van der Waals surface area (Å²) in [6.07, 6.45) is 10.4. The van der Waals surface area contributed by atoms with Crippen molar-refractivity contribution in [1.29, 1.82) is 5.26 Å². The third kappa shape index (κ3) is 14.9. The van der Waals surface area contributed by atoms with Crippen LogP contribution in [0.25, 0.3) is 10.8 Å². The van der Waals surface area contributed by atoms with Crippen LogP contribution in [0.5, 0.6) is 17.2 Å². The van der Waals surface area contributed by atoms with Crippen molar-refractivity contribution in [1.82, 2.24) is 0 Å². The van der Waals surface area contributed by atoms with Crippen molar-refractivity contribution in [3.8, 4) is 23.3 Å². The Bertz CT molecular complexity index is 2750. The number of phenols is 2. The van der Waals surface area contributed by atoms with Gasteiger partial charge in [-0.25, -0.2) is 4.79 Å². The van der Waals surface area contributed by atoms with Crippen molar-refractivity contribution in [2.45, 2.75) is 111 Å². The number of hydrogen-bond acceptors (Lipinski definition) is 7. The molecule has 0 heterocycles. The first-order chi connectivity index (χ1) is 32.7. The van der Waals surface area contributed by atoms with E-state index in [1.165, 1.54) is 48.7 Å². The van der Waals surface area contributed by atoms with Gasteiger partial charge in [0.2, 0.25) is 0 Å². The third-order valence-corrected chi connectivity index (χ3v) is 12.0. The van der Waals surface area contributed by atoms with E-state index in [1.807, 2.05) is 56.3 Å². The first-order valence-corrected chi connectivity index (χ1v) is 24.0. The van der Waals surface area contributed by atoms with E-state index < -0.39 is 12.1 Å². The third-order valence-electron chi connectivity index (χ3n) is 11.3. The molecule has 0 radical (unpaired) electrons. The van der Waals surface area contributed by atoms with Crippen LogP contribution in [0.3, 0.4) is 0 Å². The Hall–Kier alpha value is -6.74. The molecule has 0 aliphatic rings. The molecule has 6 aromatic rings. The molecule has 0 aliphatic carbocycles. The molecule has 11 nitrogen and oxygen atoms in total. The fourth-order valence-electron chi connectivity index (χ4n) is 7.48. The van der Waals surface area contributed by atoms with E-state index in [0.717, 1.165) is 84.9 Å². The Kier molecular flexibility index (Phi) is 20.0. The number of anilines is 4. The molecular weight excluding hydrogens is 898 g/mol. The van der Waals surface area contributed by atoms with Crippen LogP contribution in [0.4, 0.5) is 27.5 Å². The Labute approximate surface area is 409 Å². The Morgan fingerprint density at radius 2 is 1.37 bits per heavy atom. The standard InChI is InChI=1S/C36H45ClN4O4.C19H16ClNO2/c1-4-7-10-12-25-15-20-33(26(21-25)13-11-8-5-2)45-34(14-9-6-3)35(43)39-29-18-19-31(32(42)23-29)41-36(44)40-28-17-16-27(24-38)30(37)22-28;1-11-7-8-12(2)17(9-11)21-19(23)15-10-16(20)13-5-3-4-6-14(13)18(15)22/h15-23,34,42H,4-14H2,1-3H3,(H,39,43)(H2,40,41,44);3-10,22H,1-2H3,(H,21,23). The Morgan fingerprint density at radius 3 is 2.06 bits per heavy atom. The molecule has 6 rings (SSSR count). The van der Waals surface area contributed by atoms with E-state index in [4.69, 9.17) is 33.2 Å². The van der Waals surface area contributed by atoms with Gasteiger partial charge in [0.1, 0.15) is 23.3 Å². The number of nitrogens with one attached hydrogen (secondary N) is 4. The van der Waals surface area contributed by atoms with E-state index in [-0.39, 0.29) is 39.6 Å². The number of rotatable bonds is 19. The minimum absolute atomic E-state index is 0.0622. The highest BCUT2D eigenvalue weighted by molar-refractivity contribution is 6.36. The number of aryl methyl sites for hydroxylation is 4. The topological polar surface area (TPSA) is 173 Å². The summed E-state index contributed by atoms with van der Waals surface area (Å²) < 4.78 is 6.41. The largest absolute Gasteiger partial charge is 0.506 e. The minimum atomic E-state index is -0.703. The van der Waals surface area contributed by atoms with Crippen LogP contribution < -0.4 is 26.0 Å². The predicted molar refractivity (Wildman–Crippen MR) is 277 cm³/mol. The number of aromatic hydroxyl groups is 2. The Morgan fingerprint density at radius 1 is 0.676 bits per heavy atom. The number of urea groups is 1. The summed E-state index contributed by atoms with van der Waals surface area (Å²) in [5.74, 6) is -0.218. The quantitative estimate of drug-likeness (QED) is 0.0346. The number of ether oxygens (including phenoxy) is 1. The molecule has 0 saturated carbocycles. The summed E-state index contributed by atoms with van der Waals surface area (Å²) in [6.45, 7) is 10.3. The van der Waals surface area contributed by atoms with E-state index in [0.29, 0.717) is 33.8 Å². The predicted octanol–water partition coefficient (Wildman–Crippen LogP) is 14.7. The maximum atomic E-state index is 13.5. The zero-order chi connectivity index (χ0) is 49.2. The second-order valence-electron chi connectivity index (χ2n) is 16.8. The number of nitriles is 1. The lowest BCUT2D eigenvalue weighted by Crippen LogP contribution is -2.33. The fourth-order valence-corrected chi connectivity index (χ4v) is 7.98. The van der Waals surface area contributed by atoms with Crippen LogP contribution in [0.1, 0.15) is 117 Å². The van der Waals surface area contributed by atoms with Gasteiger partial charge in [-0.2, -0.15) is 5.26 Å². The van der Waals surface area contributed by atoms with Crippen LogP contribution >= 0.6 is 23.2 Å². The summed E-state index contributed by atoms with van der Waals surface area (Å²) in [5.41, 5.74) is 6.54. The van der Waals surface area contributed by atoms with Gasteiger partial charge in [-0.1, -0.05) is 125 Å². The lowest BCUT2D eigenvalue weighted by Gasteiger charge is -2.21. The SMILES string of the molecule is CCCCCc1ccc(OC(CCCC)C(=O)Nc2ccc(NC(=O)Nc3ccc(C#N)c(Cl)c3)c(O)c2)c(CCCCC)c1.Cc1ccc(C)c(NC(=O)c2cc(Cl)c3ccccc3c2O)c1. The number of halogens is 2. The molecule has 0 aromatic heterocycles. The highest BCUT2D eigenvalue weighted by atomic mass is 35.5. The first-order valence-electron chi connectivity index (χ1n) is 23.2. The van der Waals surface area contributed by atoms with Crippen molar-refractivity contribution in [3.05, 3.63) is 147 Å². The molecule has 1 unspecified atom stereocenters. The van der Waals surface area contributed by atoms with Gasteiger partial charge in [0.25, 0.3) is 11.8 Å². The molecule has 6 N–H and O–H groups in total. The second kappa shape index (κ2) is 26.0. The molecule has 0 spiro atoms. The van der Waals surface area contributed by atoms with Gasteiger partial charge in [-0.3, -0.25) is 9.59 Å².